The van der Waals surface area contributed by atoms with Gasteiger partial charge in [0.05, 0.1) is 0 Å². The summed E-state index contributed by atoms with van der Waals surface area (Å²) in [4.78, 5) is 48.7. The van der Waals surface area contributed by atoms with Gasteiger partial charge in [-0.1, -0.05) is 23.4 Å². The minimum atomic E-state index is -1.17. The van der Waals surface area contributed by atoms with Crippen LogP contribution < -0.4 is 11.1 Å². The first kappa shape index (κ1) is 23.1. The van der Waals surface area contributed by atoms with Gasteiger partial charge in [-0.05, 0) is 17.7 Å². The first-order valence-corrected chi connectivity index (χ1v) is 12.5. The highest BCUT2D eigenvalue weighted by Crippen LogP contribution is 2.41. The number of amides is 2. The van der Waals surface area contributed by atoms with Crippen LogP contribution in [-0.4, -0.2) is 68.5 Å². The molecule has 33 heavy (non-hydrogen) atoms. The van der Waals surface area contributed by atoms with Gasteiger partial charge in [-0.3, -0.25) is 14.5 Å². The number of carboxylic acids is 1. The van der Waals surface area contributed by atoms with E-state index in [0.29, 0.717) is 17.1 Å². The molecule has 4 rings (SSSR count). The number of benzene rings is 1. The average molecular weight is 506 g/mol. The molecule has 13 heteroatoms. The van der Waals surface area contributed by atoms with Gasteiger partial charge in [0, 0.05) is 21.8 Å². The molecule has 1 aromatic carbocycles. The SMILES string of the molecule is CO/N=C(/C(=O)N[C@@H]1C(=O)N2C(C(=O)O)=C(CSc3ccccc3)CSC12)c1csc(N)n1. The fourth-order valence-corrected chi connectivity index (χ4v) is 6.34. The number of nitrogens with zero attached hydrogens (tertiary/aromatic N) is 3. The molecule has 2 amide bonds. The molecule has 2 aliphatic heterocycles. The van der Waals surface area contributed by atoms with E-state index in [-0.39, 0.29) is 22.2 Å². The maximum atomic E-state index is 12.9. The second-order valence-corrected chi connectivity index (χ2v) is 9.96. The number of carbonyl (C=O) groups is 3. The lowest BCUT2D eigenvalue weighted by molar-refractivity contribution is -0.150. The Kier molecular flexibility index (Phi) is 6.91. The van der Waals surface area contributed by atoms with E-state index in [4.69, 9.17) is 10.6 Å². The molecule has 0 bridgehead atoms. The number of fused-ring (bicyclic) bond motifs is 1. The average Bonchev–Trinajstić information content (AvgIpc) is 3.25. The van der Waals surface area contributed by atoms with Gasteiger partial charge in [0.25, 0.3) is 11.8 Å². The molecule has 10 nitrogen and oxygen atoms in total. The standard InChI is InChI=1S/C20H19N5O5S3/c1-30-24-13(12-9-33-20(21)22-12)16(26)23-14-17(27)25-15(19(28)29)10(8-32-18(14)25)7-31-11-5-3-2-4-6-11/h2-6,9,14,18H,7-8H2,1H3,(H2,21,22)(H,23,26)(H,28,29)/b24-13+/t14-,18?/m1/s1. The highest BCUT2D eigenvalue weighted by molar-refractivity contribution is 8.01. The monoisotopic (exact) mass is 505 g/mol. The maximum Gasteiger partial charge on any atom is 0.352 e. The van der Waals surface area contributed by atoms with Gasteiger partial charge in [-0.2, -0.15) is 0 Å². The first-order chi connectivity index (χ1) is 15.9. The Morgan fingerprint density at radius 2 is 2.15 bits per heavy atom. The summed E-state index contributed by atoms with van der Waals surface area (Å²) in [6.07, 6.45) is 0. The number of nitrogens with two attached hydrogens (primary N) is 1. The Labute approximate surface area is 201 Å². The van der Waals surface area contributed by atoms with E-state index in [1.54, 1.807) is 5.38 Å². The molecule has 1 aromatic heterocycles. The zero-order valence-electron chi connectivity index (χ0n) is 17.3. The Hall–Kier alpha value is -3.03. The zero-order chi connectivity index (χ0) is 23.5. The molecule has 1 saturated heterocycles. The molecule has 0 aliphatic carbocycles. The van der Waals surface area contributed by atoms with Crippen LogP contribution in [0.4, 0.5) is 5.13 Å². The lowest BCUT2D eigenvalue weighted by Gasteiger charge is -2.49. The minimum Gasteiger partial charge on any atom is -0.477 e. The number of carboxylic acid groups (broad SMARTS) is 1. The van der Waals surface area contributed by atoms with Crippen LogP contribution in [0.5, 0.6) is 0 Å². The summed E-state index contributed by atoms with van der Waals surface area (Å²) < 4.78 is 0. The summed E-state index contributed by atoms with van der Waals surface area (Å²) in [6, 6.07) is 8.73. The summed E-state index contributed by atoms with van der Waals surface area (Å²) in [5.41, 5.74) is 6.38. The van der Waals surface area contributed by atoms with Crippen molar-refractivity contribution in [3.63, 3.8) is 0 Å². The normalized spacial score (nSPS) is 20.2. The summed E-state index contributed by atoms with van der Waals surface area (Å²) in [5.74, 6) is -1.44. The van der Waals surface area contributed by atoms with Gasteiger partial charge in [-0.15, -0.1) is 34.9 Å². The lowest BCUT2D eigenvalue weighted by Crippen LogP contribution is -2.71. The van der Waals surface area contributed by atoms with Gasteiger partial charge in [-0.25, -0.2) is 9.78 Å². The van der Waals surface area contributed by atoms with E-state index in [1.165, 1.54) is 35.5 Å². The predicted octanol–water partition coefficient (Wildman–Crippen LogP) is 1.61. The van der Waals surface area contributed by atoms with Crippen LogP contribution in [0.1, 0.15) is 5.69 Å². The Bertz CT molecular complexity index is 1150. The third kappa shape index (κ3) is 4.70. The number of thiazole rings is 1. The van der Waals surface area contributed by atoms with Crippen molar-refractivity contribution in [3.8, 4) is 0 Å². The third-order valence-electron chi connectivity index (χ3n) is 4.85. The lowest BCUT2D eigenvalue weighted by atomic mass is 10.0. The maximum absolute atomic E-state index is 12.9. The number of hydrogen-bond acceptors (Lipinski definition) is 10. The minimum absolute atomic E-state index is 0.0178. The number of aliphatic carboxylic acids is 1. The molecule has 0 spiro atoms. The van der Waals surface area contributed by atoms with E-state index in [2.05, 4.69) is 15.5 Å². The van der Waals surface area contributed by atoms with Crippen LogP contribution in [0.25, 0.3) is 0 Å². The Balaban J connectivity index is 1.49. The van der Waals surface area contributed by atoms with Crippen LogP contribution >= 0.6 is 34.9 Å². The van der Waals surface area contributed by atoms with Crippen molar-refractivity contribution >= 4 is 63.5 Å². The van der Waals surface area contributed by atoms with Crippen molar-refractivity contribution < 1.29 is 24.3 Å². The molecule has 1 fully saturated rings. The summed E-state index contributed by atoms with van der Waals surface area (Å²) >= 11 is 4.05. The third-order valence-corrected chi connectivity index (χ3v) is 7.97. The van der Waals surface area contributed by atoms with E-state index in [0.717, 1.165) is 16.2 Å². The van der Waals surface area contributed by atoms with Crippen molar-refractivity contribution in [2.75, 3.05) is 24.3 Å². The largest absolute Gasteiger partial charge is 0.477 e. The second kappa shape index (κ2) is 9.85. The van der Waals surface area contributed by atoms with Crippen molar-refractivity contribution in [1.29, 1.82) is 0 Å². The van der Waals surface area contributed by atoms with E-state index < -0.39 is 29.2 Å². The summed E-state index contributed by atoms with van der Waals surface area (Å²) in [7, 11) is 1.29. The van der Waals surface area contributed by atoms with Crippen molar-refractivity contribution in [1.82, 2.24) is 15.2 Å². The molecule has 2 aliphatic rings. The number of hydrogen-bond donors (Lipinski definition) is 3. The van der Waals surface area contributed by atoms with E-state index >= 15 is 0 Å². The van der Waals surface area contributed by atoms with Crippen molar-refractivity contribution in [3.05, 3.63) is 52.7 Å². The molecular formula is C20H19N5O5S3. The Morgan fingerprint density at radius 3 is 2.79 bits per heavy atom. The van der Waals surface area contributed by atoms with Crippen LogP contribution in [0, 0.1) is 0 Å². The van der Waals surface area contributed by atoms with E-state index in [1.807, 2.05) is 30.3 Å². The molecule has 0 radical (unpaired) electrons. The highest BCUT2D eigenvalue weighted by Gasteiger charge is 2.54. The molecular weight excluding hydrogens is 486 g/mol. The zero-order valence-corrected chi connectivity index (χ0v) is 19.7. The summed E-state index contributed by atoms with van der Waals surface area (Å²) in [5, 5.41) is 17.4. The van der Waals surface area contributed by atoms with Crippen LogP contribution in [-0.2, 0) is 19.2 Å². The van der Waals surface area contributed by atoms with Crippen LogP contribution in [0.15, 0.2) is 57.0 Å². The number of nitrogens with one attached hydrogen (secondary N) is 1. The quantitative estimate of drug-likeness (QED) is 0.211. The summed E-state index contributed by atoms with van der Waals surface area (Å²) in [6.45, 7) is 0. The number of thioether (sulfide) groups is 2. The van der Waals surface area contributed by atoms with Crippen LogP contribution in [0.3, 0.4) is 0 Å². The topological polar surface area (TPSA) is 147 Å². The number of anilines is 1. The fourth-order valence-electron chi connectivity index (χ4n) is 3.38. The molecule has 1 unspecified atom stereocenters. The number of oxime groups is 1. The number of aromatic nitrogens is 1. The molecule has 4 N–H and O–H groups in total. The van der Waals surface area contributed by atoms with Crippen molar-refractivity contribution in [2.45, 2.75) is 16.3 Å². The van der Waals surface area contributed by atoms with E-state index in [9.17, 15) is 19.5 Å². The van der Waals surface area contributed by atoms with Gasteiger partial charge in [0.1, 0.15) is 29.9 Å². The van der Waals surface area contributed by atoms with Crippen LogP contribution in [0.2, 0.25) is 0 Å². The van der Waals surface area contributed by atoms with Crippen molar-refractivity contribution in [2.24, 2.45) is 5.16 Å². The van der Waals surface area contributed by atoms with Gasteiger partial charge in [0.2, 0.25) is 0 Å². The molecule has 2 aromatic rings. The molecule has 3 heterocycles. The van der Waals surface area contributed by atoms with Gasteiger partial charge < -0.3 is 21.0 Å². The molecule has 172 valence electrons. The first-order valence-electron chi connectivity index (χ1n) is 9.62. The molecule has 0 saturated carbocycles. The van der Waals surface area contributed by atoms with Gasteiger partial charge in [0.15, 0.2) is 10.8 Å². The smallest absolute Gasteiger partial charge is 0.352 e. The second-order valence-electron chi connectivity index (χ2n) is 6.91. The van der Waals surface area contributed by atoms with Gasteiger partial charge >= 0.3 is 5.97 Å². The number of β-lactam (4-membered cyclic amide) rings is 1. The Morgan fingerprint density at radius 1 is 1.39 bits per heavy atom. The highest BCUT2D eigenvalue weighted by atomic mass is 32.2. The predicted molar refractivity (Wildman–Crippen MR) is 127 cm³/mol. The number of nitrogen functional groups attached to an aromatic ring is 1. The fraction of sp³-hybridized carbons (Fsp3) is 0.250. The molecule has 2 atom stereocenters. The number of carbonyl (C=O) groups excluding carboxylic acids is 2. The number of rotatable bonds is 8.